The molecule has 0 saturated heterocycles. The van der Waals surface area contributed by atoms with Crippen molar-refractivity contribution in [3.8, 4) is 17.2 Å². The van der Waals surface area contributed by atoms with Crippen LogP contribution >= 0.6 is 0 Å². The molecule has 0 spiro atoms. The quantitative estimate of drug-likeness (QED) is 0.622. The highest BCUT2D eigenvalue weighted by Gasteiger charge is 2.20. The molecule has 2 aromatic carbocycles. The van der Waals surface area contributed by atoms with E-state index in [0.29, 0.717) is 22.7 Å². The Morgan fingerprint density at radius 2 is 1.90 bits per heavy atom. The zero-order valence-corrected chi connectivity index (χ0v) is 17.6. The van der Waals surface area contributed by atoms with Gasteiger partial charge in [0.1, 0.15) is 0 Å². The van der Waals surface area contributed by atoms with Crippen molar-refractivity contribution in [3.05, 3.63) is 65.5 Å². The summed E-state index contributed by atoms with van der Waals surface area (Å²) in [6.45, 7) is 3.93. The highest BCUT2D eigenvalue weighted by atomic mass is 16.5. The molecule has 1 aliphatic carbocycles. The monoisotopic (exact) mass is 405 g/mol. The first-order chi connectivity index (χ1) is 14.5. The van der Waals surface area contributed by atoms with Crippen molar-refractivity contribution in [3.63, 3.8) is 0 Å². The summed E-state index contributed by atoms with van der Waals surface area (Å²) in [4.78, 5) is 12.9. The minimum Gasteiger partial charge on any atom is -0.493 e. The number of aromatic nitrogens is 2. The standard InChI is InChI=1S/C24H27N3O3/c1-16-7-6-8-19(13-16)27-17(2)21(15-25-27)24(28)26-18-11-12-22(29-3)23(14-18)30-20-9-4-5-10-20/h6-8,11-15,20H,4-5,9-10H2,1-3H3,(H,26,28). The lowest BCUT2D eigenvalue weighted by molar-refractivity contribution is 0.102. The molecule has 1 heterocycles. The van der Waals surface area contributed by atoms with Gasteiger partial charge in [-0.2, -0.15) is 5.10 Å². The molecule has 1 saturated carbocycles. The smallest absolute Gasteiger partial charge is 0.259 e. The first-order valence-electron chi connectivity index (χ1n) is 10.3. The average molecular weight is 405 g/mol. The Morgan fingerprint density at radius 1 is 1.10 bits per heavy atom. The third kappa shape index (κ3) is 4.17. The summed E-state index contributed by atoms with van der Waals surface area (Å²) < 4.78 is 13.3. The second-order valence-corrected chi connectivity index (χ2v) is 7.74. The van der Waals surface area contributed by atoms with Gasteiger partial charge in [0.25, 0.3) is 5.91 Å². The van der Waals surface area contributed by atoms with E-state index in [1.54, 1.807) is 18.0 Å². The van der Waals surface area contributed by atoms with E-state index in [2.05, 4.69) is 10.4 Å². The molecule has 4 rings (SSSR count). The van der Waals surface area contributed by atoms with Crippen molar-refractivity contribution < 1.29 is 14.3 Å². The van der Waals surface area contributed by atoms with Crippen LogP contribution in [0.3, 0.4) is 0 Å². The Morgan fingerprint density at radius 3 is 2.63 bits per heavy atom. The van der Waals surface area contributed by atoms with E-state index in [-0.39, 0.29) is 12.0 Å². The van der Waals surface area contributed by atoms with Gasteiger partial charge < -0.3 is 14.8 Å². The van der Waals surface area contributed by atoms with Crippen LogP contribution in [0.1, 0.15) is 47.3 Å². The molecule has 156 valence electrons. The van der Waals surface area contributed by atoms with Crippen LogP contribution in [0.5, 0.6) is 11.5 Å². The topological polar surface area (TPSA) is 65.4 Å². The second kappa shape index (κ2) is 8.61. The van der Waals surface area contributed by atoms with Crippen LogP contribution in [0.4, 0.5) is 5.69 Å². The zero-order chi connectivity index (χ0) is 21.1. The molecule has 30 heavy (non-hydrogen) atoms. The molecule has 6 heteroatoms. The summed E-state index contributed by atoms with van der Waals surface area (Å²) in [5.74, 6) is 1.13. The molecule has 0 atom stereocenters. The number of hydrogen-bond donors (Lipinski definition) is 1. The number of nitrogens with zero attached hydrogens (tertiary/aromatic N) is 2. The third-order valence-electron chi connectivity index (χ3n) is 5.52. The molecular formula is C24H27N3O3. The highest BCUT2D eigenvalue weighted by Crippen LogP contribution is 2.34. The van der Waals surface area contributed by atoms with Gasteiger partial charge in [-0.15, -0.1) is 0 Å². The van der Waals surface area contributed by atoms with Crippen LogP contribution in [0.15, 0.2) is 48.7 Å². The van der Waals surface area contributed by atoms with Gasteiger partial charge in [0.05, 0.1) is 36.4 Å². The van der Waals surface area contributed by atoms with Crippen LogP contribution in [0, 0.1) is 13.8 Å². The predicted octanol–water partition coefficient (Wildman–Crippen LogP) is 5.07. The number of rotatable bonds is 6. The van der Waals surface area contributed by atoms with Gasteiger partial charge >= 0.3 is 0 Å². The summed E-state index contributed by atoms with van der Waals surface area (Å²) in [5, 5.41) is 7.38. The Bertz CT molecular complexity index is 1050. The Labute approximate surface area is 176 Å². The summed E-state index contributed by atoms with van der Waals surface area (Å²) in [5.41, 5.74) is 4.06. The molecule has 0 bridgehead atoms. The van der Waals surface area contributed by atoms with Gasteiger partial charge in [-0.05, 0) is 69.4 Å². The SMILES string of the molecule is COc1ccc(NC(=O)c2cnn(-c3cccc(C)c3)c2C)cc1OC1CCCC1. The lowest BCUT2D eigenvalue weighted by Crippen LogP contribution is -2.14. The van der Waals surface area contributed by atoms with Gasteiger partial charge in [-0.25, -0.2) is 4.68 Å². The minimum absolute atomic E-state index is 0.205. The fourth-order valence-corrected chi connectivity index (χ4v) is 3.88. The molecule has 1 aromatic heterocycles. The average Bonchev–Trinajstić information content (AvgIpc) is 3.38. The van der Waals surface area contributed by atoms with Crippen LogP contribution in [-0.2, 0) is 0 Å². The summed E-state index contributed by atoms with van der Waals surface area (Å²) >= 11 is 0. The molecule has 3 aromatic rings. The van der Waals surface area contributed by atoms with Crippen molar-refractivity contribution in [1.29, 1.82) is 0 Å². The van der Waals surface area contributed by atoms with Crippen LogP contribution < -0.4 is 14.8 Å². The van der Waals surface area contributed by atoms with Crippen molar-refractivity contribution in [2.24, 2.45) is 0 Å². The molecule has 0 radical (unpaired) electrons. The van der Waals surface area contributed by atoms with E-state index < -0.39 is 0 Å². The number of carbonyl (C=O) groups is 1. The summed E-state index contributed by atoms with van der Waals surface area (Å²) in [7, 11) is 1.62. The largest absolute Gasteiger partial charge is 0.493 e. The van der Waals surface area contributed by atoms with E-state index in [9.17, 15) is 4.79 Å². The number of amides is 1. The molecule has 1 N–H and O–H groups in total. The Hall–Kier alpha value is -3.28. The van der Waals surface area contributed by atoms with E-state index in [4.69, 9.17) is 9.47 Å². The van der Waals surface area contributed by atoms with Crippen LogP contribution in [0.2, 0.25) is 0 Å². The van der Waals surface area contributed by atoms with Gasteiger partial charge in [0, 0.05) is 11.8 Å². The number of anilines is 1. The Kier molecular flexibility index (Phi) is 5.74. The number of ether oxygens (including phenoxy) is 2. The maximum atomic E-state index is 12.9. The fourth-order valence-electron chi connectivity index (χ4n) is 3.88. The number of methoxy groups -OCH3 is 1. The maximum Gasteiger partial charge on any atom is 0.259 e. The Balaban J connectivity index is 1.54. The van der Waals surface area contributed by atoms with Gasteiger partial charge in [0.2, 0.25) is 0 Å². The van der Waals surface area contributed by atoms with Crippen LogP contribution in [0.25, 0.3) is 5.69 Å². The number of hydrogen-bond acceptors (Lipinski definition) is 4. The molecule has 1 fully saturated rings. The molecule has 6 nitrogen and oxygen atoms in total. The summed E-state index contributed by atoms with van der Waals surface area (Å²) in [6.07, 6.45) is 6.29. The lowest BCUT2D eigenvalue weighted by Gasteiger charge is -2.17. The summed E-state index contributed by atoms with van der Waals surface area (Å²) in [6, 6.07) is 13.5. The fraction of sp³-hybridized carbons (Fsp3) is 0.333. The molecular weight excluding hydrogens is 378 g/mol. The first kappa shape index (κ1) is 20.0. The van der Waals surface area contributed by atoms with Gasteiger partial charge in [0.15, 0.2) is 11.5 Å². The molecule has 1 amide bonds. The predicted molar refractivity (Wildman–Crippen MR) is 117 cm³/mol. The maximum absolute atomic E-state index is 12.9. The van der Waals surface area contributed by atoms with Gasteiger partial charge in [-0.3, -0.25) is 4.79 Å². The van der Waals surface area contributed by atoms with Gasteiger partial charge in [-0.1, -0.05) is 12.1 Å². The minimum atomic E-state index is -0.205. The highest BCUT2D eigenvalue weighted by molar-refractivity contribution is 6.05. The normalized spacial score (nSPS) is 14.0. The molecule has 1 aliphatic rings. The van der Waals surface area contributed by atoms with Crippen molar-refractivity contribution in [1.82, 2.24) is 9.78 Å². The van der Waals surface area contributed by atoms with Crippen LogP contribution in [-0.4, -0.2) is 28.9 Å². The number of aryl methyl sites for hydroxylation is 1. The number of carbonyl (C=O) groups excluding carboxylic acids is 1. The van der Waals surface area contributed by atoms with E-state index in [0.717, 1.165) is 29.8 Å². The van der Waals surface area contributed by atoms with E-state index >= 15 is 0 Å². The van der Waals surface area contributed by atoms with E-state index in [1.807, 2.05) is 56.3 Å². The number of benzene rings is 2. The third-order valence-corrected chi connectivity index (χ3v) is 5.52. The molecule has 0 aliphatic heterocycles. The van der Waals surface area contributed by atoms with Crippen molar-refractivity contribution in [2.45, 2.75) is 45.6 Å². The van der Waals surface area contributed by atoms with E-state index in [1.165, 1.54) is 12.8 Å². The first-order valence-corrected chi connectivity index (χ1v) is 10.3. The second-order valence-electron chi connectivity index (χ2n) is 7.74. The van der Waals surface area contributed by atoms with Crippen molar-refractivity contribution >= 4 is 11.6 Å². The lowest BCUT2D eigenvalue weighted by atomic mass is 10.2. The van der Waals surface area contributed by atoms with Crippen molar-refractivity contribution in [2.75, 3.05) is 12.4 Å². The number of nitrogens with one attached hydrogen (secondary N) is 1. The zero-order valence-electron chi connectivity index (χ0n) is 17.6. The molecule has 0 unspecified atom stereocenters.